The summed E-state index contributed by atoms with van der Waals surface area (Å²) < 4.78 is 5.10. The molecule has 2 saturated heterocycles. The van der Waals surface area contributed by atoms with Gasteiger partial charge < -0.3 is 14.7 Å². The molecule has 3 rings (SSSR count). The monoisotopic (exact) mass is 303 g/mol. The maximum atomic E-state index is 11.7. The highest BCUT2D eigenvalue weighted by Crippen LogP contribution is 2.44. The number of hydrogen-bond acceptors (Lipinski definition) is 4. The molecule has 2 atom stereocenters. The Morgan fingerprint density at radius 3 is 2.41 bits per heavy atom. The molecular formula is C17H21NO4. The van der Waals surface area contributed by atoms with Crippen LogP contribution < -0.4 is 4.74 Å². The van der Waals surface area contributed by atoms with E-state index in [1.54, 1.807) is 12.1 Å². The maximum Gasteiger partial charge on any atom is 0.339 e. The van der Waals surface area contributed by atoms with Crippen LogP contribution in [0.2, 0.25) is 0 Å². The summed E-state index contributed by atoms with van der Waals surface area (Å²) in [6, 6.07) is 6.26. The quantitative estimate of drug-likeness (QED) is 0.687. The van der Waals surface area contributed by atoms with Gasteiger partial charge in [0.1, 0.15) is 11.3 Å². The molecule has 0 amide bonds. The summed E-state index contributed by atoms with van der Waals surface area (Å²) in [6.45, 7) is 1.29. The number of carboxylic acid groups (broad SMARTS) is 1. The second-order valence-electron chi connectivity index (χ2n) is 6.34. The first-order valence-electron chi connectivity index (χ1n) is 7.74. The highest BCUT2D eigenvalue weighted by Gasteiger charge is 2.40. The Kier molecular flexibility index (Phi) is 3.91. The number of piperidine rings is 1. The number of carbonyl (C=O) groups excluding carboxylic acids is 1. The van der Waals surface area contributed by atoms with E-state index in [9.17, 15) is 14.7 Å². The van der Waals surface area contributed by atoms with Gasteiger partial charge in [-0.3, -0.25) is 4.79 Å². The Bertz CT molecular complexity index is 599. The predicted octanol–water partition coefficient (Wildman–Crippen LogP) is 2.65. The molecule has 2 aliphatic heterocycles. The summed E-state index contributed by atoms with van der Waals surface area (Å²) in [5, 5.41) is 9.59. The molecule has 2 fully saturated rings. The van der Waals surface area contributed by atoms with Crippen molar-refractivity contribution in [2.75, 3.05) is 7.05 Å². The predicted molar refractivity (Wildman–Crippen MR) is 81.3 cm³/mol. The van der Waals surface area contributed by atoms with Gasteiger partial charge in [-0.05, 0) is 50.3 Å². The number of nitrogens with zero attached hydrogens (tertiary/aromatic N) is 1. The van der Waals surface area contributed by atoms with Crippen molar-refractivity contribution in [1.82, 2.24) is 4.90 Å². The van der Waals surface area contributed by atoms with Gasteiger partial charge in [0.05, 0.1) is 0 Å². The fraction of sp³-hybridized carbons (Fsp3) is 0.529. The molecule has 0 aromatic heterocycles. The SMILES string of the molecule is CC(=O)Oc1cccc(C2CC3CCC(C2)N3C)c1C(=O)O. The Labute approximate surface area is 129 Å². The van der Waals surface area contributed by atoms with E-state index in [0.717, 1.165) is 18.4 Å². The Morgan fingerprint density at radius 2 is 1.86 bits per heavy atom. The zero-order valence-electron chi connectivity index (χ0n) is 12.9. The molecule has 22 heavy (non-hydrogen) atoms. The van der Waals surface area contributed by atoms with Crippen molar-refractivity contribution in [1.29, 1.82) is 0 Å². The average molecular weight is 303 g/mol. The standard InChI is InChI=1S/C17H21NO4/c1-10(19)22-15-5-3-4-14(16(15)17(20)21)11-8-12-6-7-13(9-11)18(12)2/h3-5,11-13H,6-9H2,1-2H3,(H,20,21). The summed E-state index contributed by atoms with van der Waals surface area (Å²) in [7, 11) is 2.16. The molecule has 2 unspecified atom stereocenters. The van der Waals surface area contributed by atoms with E-state index in [-0.39, 0.29) is 17.2 Å². The van der Waals surface area contributed by atoms with Crippen molar-refractivity contribution in [3.8, 4) is 5.75 Å². The number of carboxylic acids is 1. The topological polar surface area (TPSA) is 66.8 Å². The fourth-order valence-corrected chi connectivity index (χ4v) is 4.02. The van der Waals surface area contributed by atoms with Crippen molar-refractivity contribution < 1.29 is 19.4 Å². The van der Waals surface area contributed by atoms with Gasteiger partial charge in [0.2, 0.25) is 0 Å². The van der Waals surface area contributed by atoms with Crippen molar-refractivity contribution >= 4 is 11.9 Å². The summed E-state index contributed by atoms with van der Waals surface area (Å²) in [6.07, 6.45) is 4.31. The third kappa shape index (κ3) is 2.61. The summed E-state index contributed by atoms with van der Waals surface area (Å²) in [5.74, 6) is -1.15. The number of rotatable bonds is 3. The van der Waals surface area contributed by atoms with Gasteiger partial charge in [-0.2, -0.15) is 0 Å². The van der Waals surface area contributed by atoms with Gasteiger partial charge in [-0.1, -0.05) is 12.1 Å². The molecule has 1 aromatic rings. The lowest BCUT2D eigenvalue weighted by atomic mass is 9.83. The van der Waals surface area contributed by atoms with Crippen LogP contribution in [0.25, 0.3) is 0 Å². The summed E-state index contributed by atoms with van der Waals surface area (Å²) in [5.41, 5.74) is 0.947. The van der Waals surface area contributed by atoms with E-state index in [1.165, 1.54) is 19.8 Å². The lowest BCUT2D eigenvalue weighted by Crippen LogP contribution is -2.39. The number of fused-ring (bicyclic) bond motifs is 2. The first-order valence-corrected chi connectivity index (χ1v) is 7.74. The fourth-order valence-electron chi connectivity index (χ4n) is 4.02. The first-order chi connectivity index (χ1) is 10.5. The molecule has 2 heterocycles. The Balaban J connectivity index is 1.97. The molecule has 0 radical (unpaired) electrons. The molecule has 118 valence electrons. The lowest BCUT2D eigenvalue weighted by Gasteiger charge is -2.37. The van der Waals surface area contributed by atoms with Crippen molar-refractivity contribution in [3.63, 3.8) is 0 Å². The normalized spacial score (nSPS) is 27.6. The van der Waals surface area contributed by atoms with Crippen LogP contribution in [0.15, 0.2) is 18.2 Å². The largest absolute Gasteiger partial charge is 0.478 e. The molecule has 2 bridgehead atoms. The smallest absolute Gasteiger partial charge is 0.339 e. The van der Waals surface area contributed by atoms with E-state index in [1.807, 2.05) is 6.07 Å². The van der Waals surface area contributed by atoms with Gasteiger partial charge >= 0.3 is 11.9 Å². The van der Waals surface area contributed by atoms with Gasteiger partial charge in [0, 0.05) is 19.0 Å². The third-order valence-electron chi connectivity index (χ3n) is 5.06. The van der Waals surface area contributed by atoms with E-state index >= 15 is 0 Å². The van der Waals surface area contributed by atoms with Crippen molar-refractivity contribution in [3.05, 3.63) is 29.3 Å². The van der Waals surface area contributed by atoms with E-state index < -0.39 is 11.9 Å². The molecule has 5 heteroatoms. The van der Waals surface area contributed by atoms with Crippen LogP contribution in [0.4, 0.5) is 0 Å². The average Bonchev–Trinajstić information content (AvgIpc) is 2.68. The lowest BCUT2D eigenvalue weighted by molar-refractivity contribution is -0.131. The number of aromatic carboxylic acids is 1. The molecule has 1 aromatic carbocycles. The minimum absolute atomic E-state index is 0.145. The Hall–Kier alpha value is -1.88. The van der Waals surface area contributed by atoms with Crippen LogP contribution in [-0.2, 0) is 4.79 Å². The molecular weight excluding hydrogens is 282 g/mol. The highest BCUT2D eigenvalue weighted by molar-refractivity contribution is 5.94. The van der Waals surface area contributed by atoms with Crippen molar-refractivity contribution in [2.45, 2.75) is 50.6 Å². The van der Waals surface area contributed by atoms with E-state index in [4.69, 9.17) is 4.74 Å². The van der Waals surface area contributed by atoms with Crippen LogP contribution in [0.1, 0.15) is 54.4 Å². The van der Waals surface area contributed by atoms with Crippen LogP contribution in [0, 0.1) is 0 Å². The van der Waals surface area contributed by atoms with Crippen LogP contribution in [0.5, 0.6) is 5.75 Å². The maximum absolute atomic E-state index is 11.7. The molecule has 1 N–H and O–H groups in total. The zero-order chi connectivity index (χ0) is 15.9. The van der Waals surface area contributed by atoms with Crippen LogP contribution in [-0.4, -0.2) is 41.1 Å². The molecule has 0 saturated carbocycles. The number of esters is 1. The third-order valence-corrected chi connectivity index (χ3v) is 5.06. The van der Waals surface area contributed by atoms with Gasteiger partial charge in [-0.25, -0.2) is 4.79 Å². The number of carbonyl (C=O) groups is 2. The van der Waals surface area contributed by atoms with E-state index in [0.29, 0.717) is 12.1 Å². The number of benzene rings is 1. The molecule has 0 spiro atoms. The minimum atomic E-state index is -1.03. The second kappa shape index (κ2) is 5.72. The number of ether oxygens (including phenoxy) is 1. The van der Waals surface area contributed by atoms with Gasteiger partial charge in [0.25, 0.3) is 0 Å². The Morgan fingerprint density at radius 1 is 1.23 bits per heavy atom. The van der Waals surface area contributed by atoms with Crippen LogP contribution in [0.3, 0.4) is 0 Å². The summed E-state index contributed by atoms with van der Waals surface area (Å²) >= 11 is 0. The van der Waals surface area contributed by atoms with Gasteiger partial charge in [-0.15, -0.1) is 0 Å². The van der Waals surface area contributed by atoms with Crippen molar-refractivity contribution in [2.24, 2.45) is 0 Å². The van der Waals surface area contributed by atoms with E-state index in [2.05, 4.69) is 11.9 Å². The first kappa shape index (κ1) is 15.0. The minimum Gasteiger partial charge on any atom is -0.478 e. The highest BCUT2D eigenvalue weighted by atomic mass is 16.5. The molecule has 0 aliphatic carbocycles. The van der Waals surface area contributed by atoms with Gasteiger partial charge in [0.15, 0.2) is 0 Å². The molecule has 2 aliphatic rings. The second-order valence-corrected chi connectivity index (χ2v) is 6.34. The zero-order valence-corrected chi connectivity index (χ0v) is 12.9. The molecule has 5 nitrogen and oxygen atoms in total. The summed E-state index contributed by atoms with van der Waals surface area (Å²) in [4.78, 5) is 25.3. The van der Waals surface area contributed by atoms with Crippen LogP contribution >= 0.6 is 0 Å². The number of hydrogen-bond donors (Lipinski definition) is 1.